The standard InChI is InChI=1S/C10H11NO5/c1-6(10(13)14)9(12)7-3-2-4-8(5-7)11(15)16/h2-6,9,12H,1H3,(H,13,14)/t6-,9-/m1/s1. The summed E-state index contributed by atoms with van der Waals surface area (Å²) in [6.07, 6.45) is -1.25. The van der Waals surface area contributed by atoms with Crippen molar-refractivity contribution >= 4 is 11.7 Å². The summed E-state index contributed by atoms with van der Waals surface area (Å²) in [5.74, 6) is -2.17. The van der Waals surface area contributed by atoms with Gasteiger partial charge in [-0.25, -0.2) is 0 Å². The van der Waals surface area contributed by atoms with Crippen molar-refractivity contribution in [3.8, 4) is 0 Å². The normalized spacial score (nSPS) is 14.1. The quantitative estimate of drug-likeness (QED) is 0.595. The lowest BCUT2D eigenvalue weighted by Crippen LogP contribution is -2.18. The molecular weight excluding hydrogens is 214 g/mol. The van der Waals surface area contributed by atoms with E-state index in [0.29, 0.717) is 0 Å². The van der Waals surface area contributed by atoms with E-state index in [1.54, 1.807) is 0 Å². The van der Waals surface area contributed by atoms with Crippen LogP contribution in [-0.2, 0) is 4.79 Å². The lowest BCUT2D eigenvalue weighted by Gasteiger charge is -2.14. The van der Waals surface area contributed by atoms with Gasteiger partial charge in [0.15, 0.2) is 0 Å². The van der Waals surface area contributed by atoms with Crippen molar-refractivity contribution in [3.63, 3.8) is 0 Å². The van der Waals surface area contributed by atoms with Crippen LogP contribution >= 0.6 is 0 Å². The number of non-ortho nitro benzene ring substituents is 1. The molecule has 2 N–H and O–H groups in total. The van der Waals surface area contributed by atoms with Crippen LogP contribution in [0.1, 0.15) is 18.6 Å². The number of nitrogens with zero attached hydrogens (tertiary/aromatic N) is 1. The number of aliphatic carboxylic acids is 1. The van der Waals surface area contributed by atoms with E-state index in [1.165, 1.54) is 31.2 Å². The number of nitro benzene ring substituents is 1. The van der Waals surface area contributed by atoms with Crippen molar-refractivity contribution in [1.29, 1.82) is 0 Å². The molecule has 0 heterocycles. The Hall–Kier alpha value is -1.95. The molecule has 0 aromatic heterocycles. The first-order valence-corrected chi connectivity index (χ1v) is 4.58. The molecule has 0 unspecified atom stereocenters. The smallest absolute Gasteiger partial charge is 0.309 e. The van der Waals surface area contributed by atoms with Gasteiger partial charge in [0.1, 0.15) is 0 Å². The molecule has 0 radical (unpaired) electrons. The molecule has 6 heteroatoms. The molecule has 0 saturated heterocycles. The molecule has 0 aliphatic carbocycles. The number of hydrogen-bond donors (Lipinski definition) is 2. The highest BCUT2D eigenvalue weighted by atomic mass is 16.6. The van der Waals surface area contributed by atoms with Gasteiger partial charge in [-0.2, -0.15) is 0 Å². The van der Waals surface area contributed by atoms with Gasteiger partial charge in [-0.05, 0) is 12.5 Å². The molecule has 1 aromatic rings. The minimum atomic E-state index is -1.25. The summed E-state index contributed by atoms with van der Waals surface area (Å²) < 4.78 is 0. The number of benzene rings is 1. The molecule has 1 rings (SSSR count). The summed E-state index contributed by atoms with van der Waals surface area (Å²) >= 11 is 0. The molecule has 1 aromatic carbocycles. The van der Waals surface area contributed by atoms with Gasteiger partial charge in [-0.15, -0.1) is 0 Å². The first kappa shape index (κ1) is 12.1. The first-order chi connectivity index (χ1) is 7.43. The Balaban J connectivity index is 3.00. The summed E-state index contributed by atoms with van der Waals surface area (Å²) in [7, 11) is 0. The van der Waals surface area contributed by atoms with E-state index >= 15 is 0 Å². The molecule has 6 nitrogen and oxygen atoms in total. The molecule has 0 bridgehead atoms. The second kappa shape index (κ2) is 4.71. The average molecular weight is 225 g/mol. The van der Waals surface area contributed by atoms with E-state index in [-0.39, 0.29) is 11.3 Å². The fourth-order valence-electron chi connectivity index (χ4n) is 1.25. The minimum Gasteiger partial charge on any atom is -0.481 e. The van der Waals surface area contributed by atoms with Crippen molar-refractivity contribution in [2.45, 2.75) is 13.0 Å². The first-order valence-electron chi connectivity index (χ1n) is 4.58. The molecule has 0 fully saturated rings. The fourth-order valence-corrected chi connectivity index (χ4v) is 1.25. The maximum atomic E-state index is 10.6. The van der Waals surface area contributed by atoms with E-state index in [1.807, 2.05) is 0 Å². The second-order valence-electron chi connectivity index (χ2n) is 3.42. The summed E-state index contributed by atoms with van der Waals surface area (Å²) in [5, 5.41) is 28.8. The summed E-state index contributed by atoms with van der Waals surface area (Å²) in [4.78, 5) is 20.5. The van der Waals surface area contributed by atoms with Crippen LogP contribution < -0.4 is 0 Å². The summed E-state index contributed by atoms with van der Waals surface area (Å²) in [6, 6.07) is 5.31. The van der Waals surface area contributed by atoms with Gasteiger partial charge in [-0.1, -0.05) is 12.1 Å². The third-order valence-electron chi connectivity index (χ3n) is 2.29. The lowest BCUT2D eigenvalue weighted by atomic mass is 9.97. The van der Waals surface area contributed by atoms with E-state index in [0.717, 1.165) is 0 Å². The molecule has 2 atom stereocenters. The maximum absolute atomic E-state index is 10.6. The Labute approximate surface area is 91.3 Å². The van der Waals surface area contributed by atoms with Crippen molar-refractivity contribution < 1.29 is 19.9 Å². The largest absolute Gasteiger partial charge is 0.481 e. The van der Waals surface area contributed by atoms with Crippen LogP contribution in [0.3, 0.4) is 0 Å². The van der Waals surface area contributed by atoms with Gasteiger partial charge < -0.3 is 10.2 Å². The summed E-state index contributed by atoms with van der Waals surface area (Å²) in [5.41, 5.74) is 0.0539. The Morgan fingerprint density at radius 1 is 1.50 bits per heavy atom. The Bertz CT molecular complexity index is 417. The number of aliphatic hydroxyl groups excluding tert-OH is 1. The molecule has 0 amide bonds. The highest BCUT2D eigenvalue weighted by Crippen LogP contribution is 2.24. The number of carboxylic acid groups (broad SMARTS) is 1. The highest BCUT2D eigenvalue weighted by molar-refractivity contribution is 5.70. The third-order valence-corrected chi connectivity index (χ3v) is 2.29. The SMILES string of the molecule is C[C@@H](C(=O)O)[C@@H](O)c1cccc([N+](=O)[O-])c1. The highest BCUT2D eigenvalue weighted by Gasteiger charge is 2.23. The van der Waals surface area contributed by atoms with E-state index < -0.39 is 22.9 Å². The van der Waals surface area contributed by atoms with E-state index in [4.69, 9.17) is 5.11 Å². The van der Waals surface area contributed by atoms with Crippen molar-refractivity contribution in [2.75, 3.05) is 0 Å². The summed E-state index contributed by atoms with van der Waals surface area (Å²) in [6.45, 7) is 1.34. The van der Waals surface area contributed by atoms with Crippen molar-refractivity contribution in [2.24, 2.45) is 5.92 Å². The number of aliphatic hydroxyl groups is 1. The number of rotatable bonds is 4. The van der Waals surface area contributed by atoms with Crippen molar-refractivity contribution in [1.82, 2.24) is 0 Å². The Kier molecular flexibility index (Phi) is 3.57. The predicted octanol–water partition coefficient (Wildman–Crippen LogP) is 1.35. The van der Waals surface area contributed by atoms with Gasteiger partial charge >= 0.3 is 5.97 Å². The predicted molar refractivity (Wildman–Crippen MR) is 54.9 cm³/mol. The Morgan fingerprint density at radius 2 is 2.12 bits per heavy atom. The molecule has 0 saturated carbocycles. The zero-order chi connectivity index (χ0) is 12.3. The van der Waals surface area contributed by atoms with Gasteiger partial charge in [0.05, 0.1) is 16.9 Å². The molecule has 0 spiro atoms. The van der Waals surface area contributed by atoms with Crippen molar-refractivity contribution in [3.05, 3.63) is 39.9 Å². The van der Waals surface area contributed by atoms with Crippen LogP contribution in [0.25, 0.3) is 0 Å². The van der Waals surface area contributed by atoms with Crippen LogP contribution in [0.2, 0.25) is 0 Å². The number of carboxylic acids is 1. The van der Waals surface area contributed by atoms with Crippen LogP contribution in [0.5, 0.6) is 0 Å². The zero-order valence-electron chi connectivity index (χ0n) is 8.53. The second-order valence-corrected chi connectivity index (χ2v) is 3.42. The van der Waals surface area contributed by atoms with E-state index in [2.05, 4.69) is 0 Å². The molecule has 0 aliphatic heterocycles. The molecule has 16 heavy (non-hydrogen) atoms. The van der Waals surface area contributed by atoms with Gasteiger partial charge in [-0.3, -0.25) is 14.9 Å². The van der Waals surface area contributed by atoms with Crippen LogP contribution in [0.4, 0.5) is 5.69 Å². The van der Waals surface area contributed by atoms with Gasteiger partial charge in [0, 0.05) is 12.1 Å². The number of carbonyl (C=O) groups is 1. The van der Waals surface area contributed by atoms with Crippen LogP contribution in [0.15, 0.2) is 24.3 Å². The lowest BCUT2D eigenvalue weighted by molar-refractivity contribution is -0.385. The van der Waals surface area contributed by atoms with E-state index in [9.17, 15) is 20.0 Å². The maximum Gasteiger partial charge on any atom is 0.309 e. The molecule has 0 aliphatic rings. The van der Waals surface area contributed by atoms with Crippen LogP contribution in [0, 0.1) is 16.0 Å². The topological polar surface area (TPSA) is 101 Å². The number of nitro groups is 1. The molecule has 86 valence electrons. The minimum absolute atomic E-state index is 0.172. The zero-order valence-corrected chi connectivity index (χ0v) is 8.53. The Morgan fingerprint density at radius 3 is 2.62 bits per heavy atom. The number of hydrogen-bond acceptors (Lipinski definition) is 4. The fraction of sp³-hybridized carbons (Fsp3) is 0.300. The average Bonchev–Trinajstić information content (AvgIpc) is 2.27. The molecular formula is C10H11NO5. The monoisotopic (exact) mass is 225 g/mol. The van der Waals surface area contributed by atoms with Crippen LogP contribution in [-0.4, -0.2) is 21.1 Å². The third kappa shape index (κ3) is 2.54. The van der Waals surface area contributed by atoms with Gasteiger partial charge in [0.2, 0.25) is 0 Å². The van der Waals surface area contributed by atoms with Gasteiger partial charge in [0.25, 0.3) is 5.69 Å².